The van der Waals surface area contributed by atoms with Crippen LogP contribution in [0.25, 0.3) is 11.1 Å². The number of fused-ring (bicyclic) bond motifs is 1. The van der Waals surface area contributed by atoms with Crippen LogP contribution in [0, 0.1) is 6.92 Å². The Bertz CT molecular complexity index is 1000. The Morgan fingerprint density at radius 2 is 2.15 bits per heavy atom. The van der Waals surface area contributed by atoms with Gasteiger partial charge in [0, 0.05) is 23.9 Å². The van der Waals surface area contributed by atoms with E-state index in [0.29, 0.717) is 17.6 Å². The molecule has 2 aromatic heterocycles. The van der Waals surface area contributed by atoms with Gasteiger partial charge in [0.1, 0.15) is 6.54 Å². The molecule has 1 fully saturated rings. The van der Waals surface area contributed by atoms with Crippen molar-refractivity contribution in [3.8, 4) is 0 Å². The fourth-order valence-electron chi connectivity index (χ4n) is 3.63. The molecular weight excluding hydrogens is 352 g/mol. The lowest BCUT2D eigenvalue weighted by Gasteiger charge is -2.36. The molecule has 3 heterocycles. The van der Waals surface area contributed by atoms with Gasteiger partial charge in [-0.1, -0.05) is 12.1 Å². The molecule has 1 aliphatic heterocycles. The Morgan fingerprint density at radius 3 is 2.88 bits per heavy atom. The lowest BCUT2D eigenvalue weighted by Crippen LogP contribution is -2.47. The fraction of sp³-hybridized carbons (Fsp3) is 0.368. The number of rotatable bonds is 3. The van der Waals surface area contributed by atoms with E-state index in [4.69, 9.17) is 4.42 Å². The van der Waals surface area contributed by atoms with Gasteiger partial charge in [-0.15, -0.1) is 11.3 Å². The maximum atomic E-state index is 12.7. The number of aryl methyl sites for hydroxylation is 1. The summed E-state index contributed by atoms with van der Waals surface area (Å²) in [6, 6.07) is 9.10. The second kappa shape index (κ2) is 6.74. The average molecular weight is 372 g/mol. The molecule has 0 radical (unpaired) electrons. The maximum Gasteiger partial charge on any atom is 0.420 e. The molecule has 7 heteroatoms. The second-order valence-electron chi connectivity index (χ2n) is 6.69. The van der Waals surface area contributed by atoms with Crippen molar-refractivity contribution in [1.29, 1.82) is 0 Å². The van der Waals surface area contributed by atoms with E-state index in [0.717, 1.165) is 6.42 Å². The van der Waals surface area contributed by atoms with Crippen molar-refractivity contribution < 1.29 is 14.3 Å². The third kappa shape index (κ3) is 2.97. The molecule has 3 aromatic rings. The summed E-state index contributed by atoms with van der Waals surface area (Å²) in [5.41, 5.74) is 2.27. The van der Waals surface area contributed by atoms with Gasteiger partial charge in [0.05, 0.1) is 11.6 Å². The summed E-state index contributed by atoms with van der Waals surface area (Å²) in [4.78, 5) is 27.6. The lowest BCUT2D eigenvalue weighted by molar-refractivity contribution is -0.135. The fourth-order valence-corrected chi connectivity index (χ4v) is 4.75. The summed E-state index contributed by atoms with van der Waals surface area (Å²) in [6.07, 6.45) is 0.123. The Balaban J connectivity index is 1.49. The molecule has 1 saturated heterocycles. The number of carbonyl (C=O) groups excluding carboxylic acids is 1. The number of aliphatic hydroxyl groups excluding tert-OH is 1. The molecule has 0 spiro atoms. The molecule has 1 amide bonds. The van der Waals surface area contributed by atoms with E-state index in [1.165, 1.54) is 15.0 Å². The zero-order valence-electron chi connectivity index (χ0n) is 14.4. The van der Waals surface area contributed by atoms with Crippen LogP contribution in [0.4, 0.5) is 0 Å². The van der Waals surface area contributed by atoms with Crippen LogP contribution in [-0.2, 0) is 11.3 Å². The summed E-state index contributed by atoms with van der Waals surface area (Å²) in [6.45, 7) is 2.82. The molecule has 26 heavy (non-hydrogen) atoms. The number of hydrogen-bond acceptors (Lipinski definition) is 5. The molecule has 4 rings (SSSR count). The number of benzene rings is 1. The minimum Gasteiger partial charge on any atom is -0.408 e. The van der Waals surface area contributed by atoms with Crippen LogP contribution in [0.3, 0.4) is 0 Å². The predicted molar refractivity (Wildman–Crippen MR) is 99.5 cm³/mol. The van der Waals surface area contributed by atoms with Gasteiger partial charge in [-0.05, 0) is 42.5 Å². The molecule has 1 aromatic carbocycles. The molecule has 2 atom stereocenters. The highest BCUT2D eigenvalue weighted by atomic mass is 32.1. The van der Waals surface area contributed by atoms with E-state index in [-0.39, 0.29) is 24.9 Å². The van der Waals surface area contributed by atoms with Gasteiger partial charge in [-0.2, -0.15) is 0 Å². The Kier molecular flexibility index (Phi) is 4.42. The zero-order valence-corrected chi connectivity index (χ0v) is 15.2. The number of nitrogens with zero attached hydrogens (tertiary/aromatic N) is 2. The molecule has 1 aliphatic rings. The summed E-state index contributed by atoms with van der Waals surface area (Å²) < 4.78 is 6.52. The van der Waals surface area contributed by atoms with Crippen molar-refractivity contribution in [2.45, 2.75) is 31.9 Å². The largest absolute Gasteiger partial charge is 0.420 e. The van der Waals surface area contributed by atoms with Crippen molar-refractivity contribution in [2.75, 3.05) is 13.1 Å². The molecule has 0 bridgehead atoms. The topological polar surface area (TPSA) is 75.7 Å². The highest BCUT2D eigenvalue weighted by Crippen LogP contribution is 2.34. The van der Waals surface area contributed by atoms with E-state index in [2.05, 4.69) is 6.07 Å². The van der Waals surface area contributed by atoms with Gasteiger partial charge in [-0.3, -0.25) is 9.36 Å². The van der Waals surface area contributed by atoms with Crippen LogP contribution in [0.5, 0.6) is 0 Å². The van der Waals surface area contributed by atoms with Crippen molar-refractivity contribution in [1.82, 2.24) is 9.47 Å². The first-order valence-corrected chi connectivity index (χ1v) is 9.51. The normalized spacial score (nSPS) is 20.6. The number of carbonyl (C=O) groups is 1. The van der Waals surface area contributed by atoms with Gasteiger partial charge in [0.2, 0.25) is 5.91 Å². The number of aliphatic hydroxyl groups is 1. The van der Waals surface area contributed by atoms with Crippen LogP contribution < -0.4 is 5.76 Å². The van der Waals surface area contributed by atoms with Crippen LogP contribution in [-0.4, -0.2) is 39.7 Å². The van der Waals surface area contributed by atoms with E-state index in [1.54, 1.807) is 40.5 Å². The monoisotopic (exact) mass is 372 g/mol. The number of oxazole rings is 1. The standard InChI is InChI=1S/C19H20N2O4S/c1-12-7-9-26-18(12)13-6-8-20(10-15(13)22)17(23)11-21-14-4-2-3-5-16(14)25-19(21)24/h2-5,7,9,13,15,22H,6,8,10-11H2,1H3/t13-,15-/m1/s1. The maximum absolute atomic E-state index is 12.7. The number of piperidine rings is 1. The molecule has 1 N–H and O–H groups in total. The Labute approximate surface area is 154 Å². The van der Waals surface area contributed by atoms with E-state index in [9.17, 15) is 14.7 Å². The average Bonchev–Trinajstić information content (AvgIpc) is 3.18. The van der Waals surface area contributed by atoms with Crippen molar-refractivity contribution in [3.63, 3.8) is 0 Å². The first-order chi connectivity index (χ1) is 12.5. The van der Waals surface area contributed by atoms with E-state index in [1.807, 2.05) is 12.3 Å². The summed E-state index contributed by atoms with van der Waals surface area (Å²) in [5.74, 6) is -0.653. The van der Waals surface area contributed by atoms with Gasteiger partial charge in [0.15, 0.2) is 5.58 Å². The number of aromatic nitrogens is 1. The summed E-state index contributed by atoms with van der Waals surface area (Å²) >= 11 is 1.66. The Morgan fingerprint density at radius 1 is 1.35 bits per heavy atom. The van der Waals surface area contributed by atoms with Gasteiger partial charge in [0.25, 0.3) is 0 Å². The first kappa shape index (κ1) is 17.1. The predicted octanol–water partition coefficient (Wildman–Crippen LogP) is 2.34. The highest BCUT2D eigenvalue weighted by molar-refractivity contribution is 7.10. The quantitative estimate of drug-likeness (QED) is 0.766. The van der Waals surface area contributed by atoms with Crippen LogP contribution in [0.2, 0.25) is 0 Å². The molecule has 6 nitrogen and oxygen atoms in total. The number of β-amino-alcohol motifs (C(OH)–C–C–N with tert-alkyl or cyclic N) is 1. The minimum absolute atomic E-state index is 0.0662. The number of para-hydroxylation sites is 2. The Hall–Kier alpha value is -2.38. The van der Waals surface area contributed by atoms with Crippen LogP contribution in [0.1, 0.15) is 22.8 Å². The van der Waals surface area contributed by atoms with Crippen LogP contribution in [0.15, 0.2) is 44.9 Å². The number of amides is 1. The second-order valence-corrected chi connectivity index (χ2v) is 7.64. The minimum atomic E-state index is -0.595. The van der Waals surface area contributed by atoms with Crippen molar-refractivity contribution in [3.05, 3.63) is 56.7 Å². The van der Waals surface area contributed by atoms with Crippen LogP contribution >= 0.6 is 11.3 Å². The third-order valence-corrected chi connectivity index (χ3v) is 6.19. The number of thiophene rings is 1. The zero-order chi connectivity index (χ0) is 18.3. The SMILES string of the molecule is Cc1ccsc1[C@@H]1CCN(C(=O)Cn2c(=O)oc3ccccc32)C[C@H]1O. The summed E-state index contributed by atoms with van der Waals surface area (Å²) in [7, 11) is 0. The summed E-state index contributed by atoms with van der Waals surface area (Å²) in [5, 5.41) is 12.6. The number of likely N-dealkylation sites (tertiary alicyclic amines) is 1. The van der Waals surface area contributed by atoms with Crippen molar-refractivity contribution in [2.24, 2.45) is 0 Å². The van der Waals surface area contributed by atoms with Gasteiger partial charge in [-0.25, -0.2) is 4.79 Å². The smallest absolute Gasteiger partial charge is 0.408 e. The highest BCUT2D eigenvalue weighted by Gasteiger charge is 2.32. The molecule has 136 valence electrons. The number of hydrogen-bond donors (Lipinski definition) is 1. The lowest BCUT2D eigenvalue weighted by atomic mass is 9.90. The van der Waals surface area contributed by atoms with E-state index < -0.39 is 11.9 Å². The van der Waals surface area contributed by atoms with Crippen molar-refractivity contribution >= 4 is 28.3 Å². The van der Waals surface area contributed by atoms with Gasteiger partial charge < -0.3 is 14.4 Å². The molecular formula is C19H20N2O4S. The third-order valence-electron chi connectivity index (χ3n) is 5.04. The van der Waals surface area contributed by atoms with E-state index >= 15 is 0 Å². The molecule has 0 unspecified atom stereocenters. The molecule has 0 aliphatic carbocycles. The first-order valence-electron chi connectivity index (χ1n) is 8.63. The molecule has 0 saturated carbocycles. The van der Waals surface area contributed by atoms with Gasteiger partial charge >= 0.3 is 5.76 Å².